The number of halogens is 1. The first-order valence-corrected chi connectivity index (χ1v) is 9.04. The lowest BCUT2D eigenvalue weighted by atomic mass is 10.1. The zero-order chi connectivity index (χ0) is 18.8. The molecule has 2 heterocycles. The number of thiazole rings is 1. The molecular weight excluding hydrogens is 365 g/mol. The summed E-state index contributed by atoms with van der Waals surface area (Å²) in [6, 6.07) is 12.2. The standard InChI is InChI=1S/C19H14FN5OS/c1-11-3-2-4-14(16(11)20)18-23-17(24-25-18)12-5-7-13(8-6-12)22-19(26)15-9-27-10-21-15/h2-10H,1H3,(H,22,26)(H,23,24,25). The maximum Gasteiger partial charge on any atom is 0.275 e. The van der Waals surface area contributed by atoms with E-state index in [4.69, 9.17) is 0 Å². The summed E-state index contributed by atoms with van der Waals surface area (Å²) in [6.45, 7) is 1.70. The van der Waals surface area contributed by atoms with Gasteiger partial charge in [0.15, 0.2) is 11.6 Å². The average Bonchev–Trinajstić information content (AvgIpc) is 3.36. The van der Waals surface area contributed by atoms with Gasteiger partial charge in [0.25, 0.3) is 5.91 Å². The smallest absolute Gasteiger partial charge is 0.275 e. The van der Waals surface area contributed by atoms with Gasteiger partial charge in [0.1, 0.15) is 11.5 Å². The Labute approximate surface area is 158 Å². The van der Waals surface area contributed by atoms with E-state index in [0.29, 0.717) is 34.2 Å². The highest BCUT2D eigenvalue weighted by Gasteiger charge is 2.13. The van der Waals surface area contributed by atoms with Gasteiger partial charge in [0.05, 0.1) is 11.1 Å². The number of aryl methyl sites for hydroxylation is 1. The molecule has 0 saturated carbocycles. The fourth-order valence-electron chi connectivity index (χ4n) is 2.56. The second kappa shape index (κ2) is 7.08. The third-order valence-corrected chi connectivity index (χ3v) is 4.58. The summed E-state index contributed by atoms with van der Waals surface area (Å²) in [4.78, 5) is 20.4. The van der Waals surface area contributed by atoms with Crippen molar-refractivity contribution in [1.82, 2.24) is 20.2 Å². The quantitative estimate of drug-likeness (QED) is 0.554. The molecule has 0 fully saturated rings. The van der Waals surface area contributed by atoms with E-state index in [2.05, 4.69) is 25.5 Å². The van der Waals surface area contributed by atoms with Crippen LogP contribution in [0.5, 0.6) is 0 Å². The third kappa shape index (κ3) is 3.47. The molecule has 4 rings (SSSR count). The lowest BCUT2D eigenvalue weighted by Gasteiger charge is -2.04. The number of aromatic amines is 1. The van der Waals surface area contributed by atoms with Gasteiger partial charge >= 0.3 is 0 Å². The third-order valence-electron chi connectivity index (χ3n) is 4.00. The normalized spacial score (nSPS) is 10.7. The fraction of sp³-hybridized carbons (Fsp3) is 0.0526. The van der Waals surface area contributed by atoms with Gasteiger partial charge in [0, 0.05) is 16.6 Å². The molecule has 2 N–H and O–H groups in total. The summed E-state index contributed by atoms with van der Waals surface area (Å²) in [5, 5.41) is 11.4. The van der Waals surface area contributed by atoms with E-state index in [1.807, 2.05) is 0 Å². The first-order valence-electron chi connectivity index (χ1n) is 8.09. The number of aromatic nitrogens is 4. The highest BCUT2D eigenvalue weighted by Crippen LogP contribution is 2.24. The van der Waals surface area contributed by atoms with E-state index in [-0.39, 0.29) is 11.7 Å². The Morgan fingerprint density at radius 3 is 2.74 bits per heavy atom. The summed E-state index contributed by atoms with van der Waals surface area (Å²) < 4.78 is 14.3. The fourth-order valence-corrected chi connectivity index (χ4v) is 3.10. The van der Waals surface area contributed by atoms with Crippen molar-refractivity contribution in [1.29, 1.82) is 0 Å². The predicted molar refractivity (Wildman–Crippen MR) is 102 cm³/mol. The van der Waals surface area contributed by atoms with Crippen LogP contribution >= 0.6 is 11.3 Å². The van der Waals surface area contributed by atoms with Crippen LogP contribution < -0.4 is 5.32 Å². The van der Waals surface area contributed by atoms with Gasteiger partial charge in [-0.05, 0) is 42.8 Å². The molecule has 2 aromatic heterocycles. The van der Waals surface area contributed by atoms with E-state index < -0.39 is 0 Å². The van der Waals surface area contributed by atoms with Gasteiger partial charge in [-0.2, -0.15) is 5.10 Å². The number of benzene rings is 2. The van der Waals surface area contributed by atoms with Crippen molar-refractivity contribution in [2.24, 2.45) is 0 Å². The van der Waals surface area contributed by atoms with Crippen LogP contribution in [0, 0.1) is 12.7 Å². The topological polar surface area (TPSA) is 83.6 Å². The van der Waals surface area contributed by atoms with E-state index >= 15 is 0 Å². The number of H-pyrrole nitrogens is 1. The Kier molecular flexibility index (Phi) is 4.47. The number of carbonyl (C=O) groups excluding carboxylic acids is 1. The molecule has 0 unspecified atom stereocenters. The van der Waals surface area contributed by atoms with Gasteiger partial charge in [-0.15, -0.1) is 11.3 Å². The van der Waals surface area contributed by atoms with E-state index in [9.17, 15) is 9.18 Å². The molecule has 0 spiro atoms. The van der Waals surface area contributed by atoms with Crippen molar-refractivity contribution in [3.63, 3.8) is 0 Å². The van der Waals surface area contributed by atoms with Crippen molar-refractivity contribution >= 4 is 22.9 Å². The summed E-state index contributed by atoms with van der Waals surface area (Å²) in [6.07, 6.45) is 0. The Morgan fingerprint density at radius 2 is 2.00 bits per heavy atom. The van der Waals surface area contributed by atoms with Gasteiger partial charge in [-0.25, -0.2) is 14.4 Å². The maximum atomic E-state index is 14.3. The summed E-state index contributed by atoms with van der Waals surface area (Å²) in [5.41, 5.74) is 4.29. The van der Waals surface area contributed by atoms with Crippen LogP contribution in [0.3, 0.4) is 0 Å². The molecule has 0 atom stereocenters. The van der Waals surface area contributed by atoms with Crippen LogP contribution in [-0.2, 0) is 0 Å². The Balaban J connectivity index is 1.54. The molecule has 0 saturated heterocycles. The molecule has 0 radical (unpaired) electrons. The lowest BCUT2D eigenvalue weighted by Crippen LogP contribution is -2.11. The Hall–Kier alpha value is -3.39. The number of hydrogen-bond donors (Lipinski definition) is 2. The second-order valence-corrected chi connectivity index (χ2v) is 6.57. The number of anilines is 1. The van der Waals surface area contributed by atoms with E-state index in [0.717, 1.165) is 5.56 Å². The Bertz CT molecular complexity index is 1090. The molecular formula is C19H14FN5OS. The second-order valence-electron chi connectivity index (χ2n) is 5.85. The summed E-state index contributed by atoms with van der Waals surface area (Å²) >= 11 is 1.36. The highest BCUT2D eigenvalue weighted by atomic mass is 32.1. The van der Waals surface area contributed by atoms with Gasteiger partial charge in [-0.1, -0.05) is 12.1 Å². The number of nitrogens with one attached hydrogen (secondary N) is 2. The first-order chi connectivity index (χ1) is 13.1. The average molecular weight is 379 g/mol. The predicted octanol–water partition coefficient (Wildman–Crippen LogP) is 4.30. The monoisotopic (exact) mass is 379 g/mol. The SMILES string of the molecule is Cc1cccc(-c2nc(-c3ccc(NC(=O)c4cscn4)cc3)n[nH]2)c1F. The van der Waals surface area contributed by atoms with Crippen molar-refractivity contribution in [3.8, 4) is 22.8 Å². The van der Waals surface area contributed by atoms with Crippen LogP contribution in [0.25, 0.3) is 22.8 Å². The number of hydrogen-bond acceptors (Lipinski definition) is 5. The number of amides is 1. The van der Waals surface area contributed by atoms with Crippen molar-refractivity contribution in [2.45, 2.75) is 6.92 Å². The van der Waals surface area contributed by atoms with Crippen LogP contribution in [0.1, 0.15) is 16.1 Å². The summed E-state index contributed by atoms with van der Waals surface area (Å²) in [7, 11) is 0. The number of carbonyl (C=O) groups is 1. The van der Waals surface area contributed by atoms with E-state index in [1.165, 1.54) is 11.3 Å². The van der Waals surface area contributed by atoms with Gasteiger partial charge in [-0.3, -0.25) is 9.89 Å². The minimum absolute atomic E-state index is 0.265. The molecule has 0 aliphatic heterocycles. The van der Waals surface area contributed by atoms with Crippen LogP contribution in [0.15, 0.2) is 53.4 Å². The summed E-state index contributed by atoms with van der Waals surface area (Å²) in [5.74, 6) is 0.231. The van der Waals surface area contributed by atoms with Crippen molar-refractivity contribution in [3.05, 3.63) is 70.4 Å². The largest absolute Gasteiger partial charge is 0.321 e. The molecule has 6 nitrogen and oxygen atoms in total. The van der Waals surface area contributed by atoms with Gasteiger partial charge in [0.2, 0.25) is 0 Å². The van der Waals surface area contributed by atoms with Crippen LogP contribution in [-0.4, -0.2) is 26.1 Å². The van der Waals surface area contributed by atoms with Crippen molar-refractivity contribution in [2.75, 3.05) is 5.32 Å². The molecule has 0 aliphatic rings. The van der Waals surface area contributed by atoms with Gasteiger partial charge < -0.3 is 5.32 Å². The maximum absolute atomic E-state index is 14.3. The minimum Gasteiger partial charge on any atom is -0.321 e. The molecule has 1 amide bonds. The molecule has 134 valence electrons. The first kappa shape index (κ1) is 17.0. The lowest BCUT2D eigenvalue weighted by molar-refractivity contribution is 0.102. The number of nitrogens with zero attached hydrogens (tertiary/aromatic N) is 3. The van der Waals surface area contributed by atoms with Crippen LogP contribution in [0.4, 0.5) is 10.1 Å². The molecule has 8 heteroatoms. The zero-order valence-corrected chi connectivity index (χ0v) is 15.0. The highest BCUT2D eigenvalue weighted by molar-refractivity contribution is 7.07. The molecule has 27 heavy (non-hydrogen) atoms. The zero-order valence-electron chi connectivity index (χ0n) is 14.2. The van der Waals surface area contributed by atoms with Crippen LogP contribution in [0.2, 0.25) is 0 Å². The number of rotatable bonds is 4. The molecule has 0 bridgehead atoms. The Morgan fingerprint density at radius 1 is 1.19 bits per heavy atom. The molecule has 0 aliphatic carbocycles. The van der Waals surface area contributed by atoms with Crippen molar-refractivity contribution < 1.29 is 9.18 Å². The molecule has 2 aromatic carbocycles. The molecule has 4 aromatic rings. The minimum atomic E-state index is -0.319. The van der Waals surface area contributed by atoms with E-state index in [1.54, 1.807) is 60.3 Å².